The first-order valence-electron chi connectivity index (χ1n) is 5.57. The van der Waals surface area contributed by atoms with Crippen molar-refractivity contribution in [1.29, 1.82) is 0 Å². The SMILES string of the molecule is Cc1cc(-n2c(=O)cc(F)n3nncc23)c(F)cc1Br. The first kappa shape index (κ1) is 12.9. The number of hydrogen-bond donors (Lipinski definition) is 0. The Morgan fingerprint density at radius 1 is 1.25 bits per heavy atom. The molecule has 0 aliphatic carbocycles. The fourth-order valence-corrected chi connectivity index (χ4v) is 2.25. The Morgan fingerprint density at radius 3 is 2.75 bits per heavy atom. The van der Waals surface area contributed by atoms with Gasteiger partial charge < -0.3 is 0 Å². The summed E-state index contributed by atoms with van der Waals surface area (Å²) in [6.07, 6.45) is 1.20. The fraction of sp³-hybridized carbons (Fsp3) is 0.0833. The van der Waals surface area contributed by atoms with Crippen LogP contribution in [0.2, 0.25) is 0 Å². The van der Waals surface area contributed by atoms with E-state index in [1.165, 1.54) is 18.3 Å². The van der Waals surface area contributed by atoms with Crippen molar-refractivity contribution in [3.8, 4) is 5.69 Å². The molecule has 0 spiro atoms. The van der Waals surface area contributed by atoms with Crippen LogP contribution in [0.4, 0.5) is 8.78 Å². The van der Waals surface area contributed by atoms with E-state index in [1.807, 2.05) is 0 Å². The monoisotopic (exact) mass is 340 g/mol. The third-order valence-electron chi connectivity index (χ3n) is 2.89. The van der Waals surface area contributed by atoms with Crippen LogP contribution in [0.25, 0.3) is 11.3 Å². The van der Waals surface area contributed by atoms with Gasteiger partial charge in [0.15, 0.2) is 5.65 Å². The van der Waals surface area contributed by atoms with Gasteiger partial charge in [-0.1, -0.05) is 21.1 Å². The van der Waals surface area contributed by atoms with Gasteiger partial charge in [0.1, 0.15) is 5.82 Å². The summed E-state index contributed by atoms with van der Waals surface area (Å²) in [5.41, 5.74) is 0.111. The van der Waals surface area contributed by atoms with E-state index < -0.39 is 17.3 Å². The van der Waals surface area contributed by atoms with Crippen LogP contribution in [-0.2, 0) is 0 Å². The summed E-state index contributed by atoms with van der Waals surface area (Å²) in [6.45, 7) is 1.76. The van der Waals surface area contributed by atoms with E-state index in [4.69, 9.17) is 0 Å². The number of aryl methyl sites for hydroxylation is 1. The molecule has 0 saturated heterocycles. The maximum Gasteiger partial charge on any atom is 0.261 e. The zero-order valence-corrected chi connectivity index (χ0v) is 11.7. The lowest BCUT2D eigenvalue weighted by Crippen LogP contribution is -2.22. The first-order chi connectivity index (χ1) is 9.49. The average molecular weight is 341 g/mol. The van der Waals surface area contributed by atoms with Crippen molar-refractivity contribution in [2.45, 2.75) is 6.92 Å². The topological polar surface area (TPSA) is 52.2 Å². The van der Waals surface area contributed by atoms with Crippen molar-refractivity contribution in [2.24, 2.45) is 0 Å². The minimum Gasteiger partial charge on any atom is -0.269 e. The zero-order valence-electron chi connectivity index (χ0n) is 10.1. The van der Waals surface area contributed by atoms with Crippen LogP contribution in [0, 0.1) is 18.7 Å². The van der Waals surface area contributed by atoms with Crippen molar-refractivity contribution in [3.63, 3.8) is 0 Å². The molecule has 3 aromatic rings. The quantitative estimate of drug-likeness (QED) is 0.638. The molecule has 0 saturated carbocycles. The summed E-state index contributed by atoms with van der Waals surface area (Å²) in [5.74, 6) is -1.47. The summed E-state index contributed by atoms with van der Waals surface area (Å²) >= 11 is 3.21. The number of hydrogen-bond acceptors (Lipinski definition) is 3. The van der Waals surface area contributed by atoms with Gasteiger partial charge in [-0.15, -0.1) is 5.10 Å². The van der Waals surface area contributed by atoms with Gasteiger partial charge in [0.25, 0.3) is 5.56 Å². The maximum absolute atomic E-state index is 14.1. The molecule has 3 rings (SSSR count). The molecular weight excluding hydrogens is 334 g/mol. The zero-order chi connectivity index (χ0) is 14.4. The standard InChI is InChI=1S/C12H7BrF2N4O/c1-6-2-9(8(14)3-7(6)13)18-11-5-16-17-19(11)10(15)4-12(18)20/h2-5H,1H3. The van der Waals surface area contributed by atoms with Crippen molar-refractivity contribution in [2.75, 3.05) is 0 Å². The maximum atomic E-state index is 14.1. The van der Waals surface area contributed by atoms with Crippen molar-refractivity contribution in [3.05, 3.63) is 56.6 Å². The van der Waals surface area contributed by atoms with Gasteiger partial charge in [-0.3, -0.25) is 9.36 Å². The summed E-state index contributed by atoms with van der Waals surface area (Å²) in [5, 5.41) is 7.06. The van der Waals surface area contributed by atoms with E-state index >= 15 is 0 Å². The Kier molecular flexibility index (Phi) is 2.89. The second kappa shape index (κ2) is 4.48. The Morgan fingerprint density at radius 2 is 2.00 bits per heavy atom. The van der Waals surface area contributed by atoms with Gasteiger partial charge in [-0.2, -0.15) is 8.91 Å². The van der Waals surface area contributed by atoms with Crippen molar-refractivity contribution in [1.82, 2.24) is 19.4 Å². The highest BCUT2D eigenvalue weighted by atomic mass is 79.9. The minimum absolute atomic E-state index is 0.0167. The Balaban J connectivity index is 2.44. The Bertz CT molecular complexity index is 887. The molecule has 0 aliphatic heterocycles. The molecule has 2 aromatic heterocycles. The molecule has 0 fully saturated rings. The molecule has 0 aliphatic rings. The number of aromatic nitrogens is 4. The van der Waals surface area contributed by atoms with Gasteiger partial charge in [-0.25, -0.2) is 4.39 Å². The molecule has 0 unspecified atom stereocenters. The largest absolute Gasteiger partial charge is 0.269 e. The molecule has 8 heteroatoms. The molecule has 2 heterocycles. The average Bonchev–Trinajstić information content (AvgIpc) is 2.84. The Hall–Kier alpha value is -2.09. The molecule has 1 aromatic carbocycles. The molecule has 102 valence electrons. The molecule has 0 N–H and O–H groups in total. The van der Waals surface area contributed by atoms with Crippen LogP contribution in [0.3, 0.4) is 0 Å². The third-order valence-corrected chi connectivity index (χ3v) is 3.75. The van der Waals surface area contributed by atoms with Crippen LogP contribution in [0.5, 0.6) is 0 Å². The van der Waals surface area contributed by atoms with Gasteiger partial charge in [0, 0.05) is 4.47 Å². The number of halogens is 3. The second-order valence-electron chi connectivity index (χ2n) is 4.20. The molecule has 0 bridgehead atoms. The molecule has 0 radical (unpaired) electrons. The molecule has 20 heavy (non-hydrogen) atoms. The molecular formula is C12H7BrF2N4O. The van der Waals surface area contributed by atoms with Crippen molar-refractivity contribution < 1.29 is 8.78 Å². The smallest absolute Gasteiger partial charge is 0.261 e. The highest BCUT2D eigenvalue weighted by Gasteiger charge is 2.15. The van der Waals surface area contributed by atoms with Gasteiger partial charge in [-0.05, 0) is 24.6 Å². The van der Waals surface area contributed by atoms with Crippen LogP contribution in [0.15, 0.2) is 33.7 Å². The number of nitrogens with zero attached hydrogens (tertiary/aromatic N) is 4. The minimum atomic E-state index is -0.854. The lowest BCUT2D eigenvalue weighted by atomic mass is 10.2. The van der Waals surface area contributed by atoms with E-state index in [2.05, 4.69) is 26.2 Å². The second-order valence-corrected chi connectivity index (χ2v) is 5.05. The van der Waals surface area contributed by atoms with E-state index in [-0.39, 0.29) is 11.3 Å². The summed E-state index contributed by atoms with van der Waals surface area (Å²) in [4.78, 5) is 12.0. The van der Waals surface area contributed by atoms with Gasteiger partial charge in [0.2, 0.25) is 5.95 Å². The van der Waals surface area contributed by atoms with Crippen molar-refractivity contribution >= 4 is 21.6 Å². The number of fused-ring (bicyclic) bond motifs is 1. The summed E-state index contributed by atoms with van der Waals surface area (Å²) < 4.78 is 30.1. The van der Waals surface area contributed by atoms with Crippen LogP contribution in [0.1, 0.15) is 5.56 Å². The normalized spacial score (nSPS) is 11.2. The van der Waals surface area contributed by atoms with Crippen LogP contribution >= 0.6 is 15.9 Å². The third kappa shape index (κ3) is 1.83. The predicted octanol–water partition coefficient (Wildman–Crippen LogP) is 2.23. The number of benzene rings is 1. The first-order valence-corrected chi connectivity index (χ1v) is 6.36. The van der Waals surface area contributed by atoms with E-state index in [0.717, 1.165) is 20.7 Å². The van der Waals surface area contributed by atoms with E-state index in [1.54, 1.807) is 6.92 Å². The van der Waals surface area contributed by atoms with E-state index in [9.17, 15) is 13.6 Å². The predicted molar refractivity (Wildman–Crippen MR) is 70.9 cm³/mol. The lowest BCUT2D eigenvalue weighted by Gasteiger charge is -2.10. The lowest BCUT2D eigenvalue weighted by molar-refractivity contribution is 0.526. The highest BCUT2D eigenvalue weighted by molar-refractivity contribution is 9.10. The van der Waals surface area contributed by atoms with Gasteiger partial charge >= 0.3 is 0 Å². The number of rotatable bonds is 1. The Labute approximate surface area is 119 Å². The van der Waals surface area contributed by atoms with Gasteiger partial charge in [0.05, 0.1) is 18.0 Å². The highest BCUT2D eigenvalue weighted by Crippen LogP contribution is 2.23. The van der Waals surface area contributed by atoms with Crippen LogP contribution in [-0.4, -0.2) is 19.4 Å². The molecule has 0 atom stereocenters. The fourth-order valence-electron chi connectivity index (χ4n) is 1.93. The van der Waals surface area contributed by atoms with Crippen LogP contribution < -0.4 is 5.56 Å². The molecule has 5 nitrogen and oxygen atoms in total. The summed E-state index contributed by atoms with van der Waals surface area (Å²) in [6, 6.07) is 3.48. The molecule has 0 amide bonds. The summed E-state index contributed by atoms with van der Waals surface area (Å²) in [7, 11) is 0. The van der Waals surface area contributed by atoms with E-state index in [0.29, 0.717) is 4.47 Å².